The summed E-state index contributed by atoms with van der Waals surface area (Å²) in [5.74, 6) is -0.237. The Bertz CT molecular complexity index is 1770. The lowest BCUT2D eigenvalue weighted by molar-refractivity contribution is 0.102. The molecule has 39 heavy (non-hydrogen) atoms. The van der Waals surface area contributed by atoms with Crippen LogP contribution in [0.1, 0.15) is 32.6 Å². The van der Waals surface area contributed by atoms with E-state index in [0.29, 0.717) is 16.9 Å². The number of anilines is 2. The summed E-state index contributed by atoms with van der Waals surface area (Å²) in [5, 5.41) is 3.87. The van der Waals surface area contributed by atoms with Crippen molar-refractivity contribution >= 4 is 48.9 Å². The fraction of sp³-hybridized carbons (Fsp3) is 0.161. The second kappa shape index (κ2) is 10.6. The Morgan fingerprint density at radius 3 is 2.26 bits per heavy atom. The van der Waals surface area contributed by atoms with Gasteiger partial charge in [-0.3, -0.25) is 9.10 Å². The van der Waals surface area contributed by atoms with Crippen molar-refractivity contribution < 1.29 is 13.2 Å². The molecule has 4 aromatic carbocycles. The maximum absolute atomic E-state index is 12.9. The minimum atomic E-state index is -3.50. The summed E-state index contributed by atoms with van der Waals surface area (Å²) in [4.78, 5) is 17.6. The minimum absolute atomic E-state index is 0.177. The van der Waals surface area contributed by atoms with Gasteiger partial charge in [-0.1, -0.05) is 24.3 Å². The van der Waals surface area contributed by atoms with Crippen molar-refractivity contribution in [2.45, 2.75) is 27.3 Å². The van der Waals surface area contributed by atoms with E-state index in [2.05, 4.69) is 24.4 Å². The van der Waals surface area contributed by atoms with E-state index in [1.54, 1.807) is 35.6 Å². The highest BCUT2D eigenvalue weighted by molar-refractivity contribution is 7.92. The zero-order valence-electron chi connectivity index (χ0n) is 22.2. The third-order valence-electron chi connectivity index (χ3n) is 6.65. The monoisotopic (exact) mass is 555 g/mol. The van der Waals surface area contributed by atoms with E-state index in [0.717, 1.165) is 37.5 Å². The fourth-order valence-electron chi connectivity index (χ4n) is 4.26. The Hall–Kier alpha value is -4.01. The molecule has 0 unspecified atom stereocenters. The molecule has 0 aliphatic heterocycles. The topological polar surface area (TPSA) is 79.4 Å². The molecule has 1 heterocycles. The zero-order chi connectivity index (χ0) is 27.7. The third-order valence-corrected chi connectivity index (χ3v) is 8.86. The van der Waals surface area contributed by atoms with Gasteiger partial charge in [0.1, 0.15) is 5.01 Å². The van der Waals surface area contributed by atoms with E-state index >= 15 is 0 Å². The molecule has 0 aliphatic carbocycles. The van der Waals surface area contributed by atoms with Gasteiger partial charge >= 0.3 is 0 Å². The number of benzene rings is 4. The van der Waals surface area contributed by atoms with Crippen molar-refractivity contribution in [3.8, 4) is 10.6 Å². The van der Waals surface area contributed by atoms with Crippen molar-refractivity contribution in [2.75, 3.05) is 15.9 Å². The van der Waals surface area contributed by atoms with E-state index in [1.807, 2.05) is 62.4 Å². The van der Waals surface area contributed by atoms with Gasteiger partial charge in [-0.05, 0) is 104 Å². The zero-order valence-corrected chi connectivity index (χ0v) is 23.9. The Kier molecular flexibility index (Phi) is 7.25. The van der Waals surface area contributed by atoms with Crippen LogP contribution in [0.4, 0.5) is 11.4 Å². The number of rotatable bonds is 7. The number of nitrogens with zero attached hydrogens (tertiary/aromatic N) is 2. The van der Waals surface area contributed by atoms with Crippen LogP contribution in [0.15, 0.2) is 84.9 Å². The van der Waals surface area contributed by atoms with Crippen LogP contribution in [0.3, 0.4) is 0 Å². The summed E-state index contributed by atoms with van der Waals surface area (Å²) in [6, 6.07) is 26.5. The Morgan fingerprint density at radius 1 is 0.872 bits per heavy atom. The van der Waals surface area contributed by atoms with E-state index in [-0.39, 0.29) is 12.5 Å². The molecule has 8 heteroatoms. The van der Waals surface area contributed by atoms with Crippen LogP contribution >= 0.6 is 11.3 Å². The number of carbonyl (C=O) groups is 1. The number of thiazole rings is 1. The van der Waals surface area contributed by atoms with Crippen LogP contribution < -0.4 is 9.62 Å². The summed E-state index contributed by atoms with van der Waals surface area (Å²) in [6.07, 6.45) is 1.20. The molecule has 1 aromatic heterocycles. The van der Waals surface area contributed by atoms with Gasteiger partial charge in [0.25, 0.3) is 5.91 Å². The molecule has 0 atom stereocenters. The van der Waals surface area contributed by atoms with E-state index in [9.17, 15) is 13.2 Å². The van der Waals surface area contributed by atoms with Crippen molar-refractivity contribution in [3.63, 3.8) is 0 Å². The molecule has 0 spiro atoms. The third kappa shape index (κ3) is 6.02. The van der Waals surface area contributed by atoms with Crippen molar-refractivity contribution in [1.82, 2.24) is 4.98 Å². The number of nitrogens with one attached hydrogen (secondary N) is 1. The Labute approximate surface area is 233 Å². The number of hydrogen-bond acceptors (Lipinski definition) is 5. The van der Waals surface area contributed by atoms with Crippen molar-refractivity contribution in [1.29, 1.82) is 0 Å². The van der Waals surface area contributed by atoms with Crippen molar-refractivity contribution in [3.05, 3.63) is 113 Å². The number of aromatic nitrogens is 1. The highest BCUT2D eigenvalue weighted by atomic mass is 32.2. The highest BCUT2D eigenvalue weighted by Crippen LogP contribution is 2.31. The standard InChI is InChI=1S/C31H29N3O3S2/c1-20-5-16-28-29(17-20)38-31(33-28)25-11-13-26(14-12-25)32-30(35)24-9-7-23(8-10-24)19-34(39(4,36)37)27-15-6-21(2)22(3)18-27/h5-18H,19H2,1-4H3,(H,32,35). The van der Waals surface area contributed by atoms with Gasteiger partial charge in [-0.15, -0.1) is 11.3 Å². The molecule has 0 fully saturated rings. The molecule has 0 radical (unpaired) electrons. The maximum Gasteiger partial charge on any atom is 0.255 e. The first-order valence-corrected chi connectivity index (χ1v) is 15.2. The van der Waals surface area contributed by atoms with Crippen LogP contribution in [0.2, 0.25) is 0 Å². The Balaban J connectivity index is 1.27. The van der Waals surface area contributed by atoms with Crippen LogP contribution in [0, 0.1) is 20.8 Å². The molecule has 0 saturated carbocycles. The molecule has 1 amide bonds. The molecule has 1 N–H and O–H groups in total. The van der Waals surface area contributed by atoms with Crippen LogP contribution in [0.5, 0.6) is 0 Å². The first kappa shape index (κ1) is 26.6. The van der Waals surface area contributed by atoms with Crippen LogP contribution in [-0.4, -0.2) is 25.6 Å². The fourth-order valence-corrected chi connectivity index (χ4v) is 6.21. The van der Waals surface area contributed by atoms with Gasteiger partial charge in [0.05, 0.1) is 28.7 Å². The molecule has 0 bridgehead atoms. The van der Waals surface area contributed by atoms with Crippen LogP contribution in [0.25, 0.3) is 20.8 Å². The number of fused-ring (bicyclic) bond motifs is 1. The predicted molar refractivity (Wildman–Crippen MR) is 161 cm³/mol. The molecule has 6 nitrogen and oxygen atoms in total. The second-order valence-corrected chi connectivity index (χ2v) is 12.7. The lowest BCUT2D eigenvalue weighted by atomic mass is 10.1. The van der Waals surface area contributed by atoms with Gasteiger partial charge < -0.3 is 5.32 Å². The van der Waals surface area contributed by atoms with Crippen molar-refractivity contribution in [2.24, 2.45) is 0 Å². The predicted octanol–water partition coefficient (Wildman–Crippen LogP) is 7.11. The summed E-state index contributed by atoms with van der Waals surface area (Å²) in [6.45, 7) is 6.20. The number of amides is 1. The van der Waals surface area contributed by atoms with Gasteiger partial charge in [-0.25, -0.2) is 13.4 Å². The number of sulfonamides is 1. The lowest BCUT2D eigenvalue weighted by Gasteiger charge is -2.23. The highest BCUT2D eigenvalue weighted by Gasteiger charge is 2.19. The summed E-state index contributed by atoms with van der Waals surface area (Å²) in [5.41, 5.74) is 7.88. The number of carbonyl (C=O) groups excluding carboxylic acids is 1. The lowest BCUT2D eigenvalue weighted by Crippen LogP contribution is -2.29. The van der Waals surface area contributed by atoms with Gasteiger partial charge in [0.15, 0.2) is 0 Å². The molecule has 198 valence electrons. The second-order valence-electron chi connectivity index (χ2n) is 9.76. The SMILES string of the molecule is Cc1ccc2nc(-c3ccc(NC(=O)c4ccc(CN(c5ccc(C)c(C)c5)S(C)(=O)=O)cc4)cc3)sc2c1. The van der Waals surface area contributed by atoms with Crippen LogP contribution in [-0.2, 0) is 16.6 Å². The van der Waals surface area contributed by atoms with E-state index in [1.165, 1.54) is 16.1 Å². The molecule has 0 saturated heterocycles. The normalized spacial score (nSPS) is 11.5. The summed E-state index contributed by atoms with van der Waals surface area (Å²) >= 11 is 1.65. The summed E-state index contributed by atoms with van der Waals surface area (Å²) in [7, 11) is -3.50. The van der Waals surface area contributed by atoms with Gasteiger partial charge in [0.2, 0.25) is 10.0 Å². The smallest absolute Gasteiger partial charge is 0.255 e. The quantitative estimate of drug-likeness (QED) is 0.232. The largest absolute Gasteiger partial charge is 0.322 e. The van der Waals surface area contributed by atoms with Gasteiger partial charge in [0, 0.05) is 16.8 Å². The maximum atomic E-state index is 12.9. The first-order chi connectivity index (χ1) is 18.6. The molecule has 5 rings (SSSR count). The minimum Gasteiger partial charge on any atom is -0.322 e. The average Bonchev–Trinajstić information content (AvgIpc) is 3.32. The van der Waals surface area contributed by atoms with Gasteiger partial charge in [-0.2, -0.15) is 0 Å². The molecular formula is C31H29N3O3S2. The average molecular weight is 556 g/mol. The number of aryl methyl sites for hydroxylation is 3. The first-order valence-electron chi connectivity index (χ1n) is 12.5. The molecule has 5 aromatic rings. The molecular weight excluding hydrogens is 526 g/mol. The van der Waals surface area contributed by atoms with E-state index in [4.69, 9.17) is 4.98 Å². The Morgan fingerprint density at radius 2 is 1.59 bits per heavy atom. The molecule has 0 aliphatic rings. The van der Waals surface area contributed by atoms with E-state index < -0.39 is 10.0 Å². The summed E-state index contributed by atoms with van der Waals surface area (Å²) < 4.78 is 27.6. The number of hydrogen-bond donors (Lipinski definition) is 1.